The molecule has 2 rings (SSSR count). The Labute approximate surface area is 144 Å². The highest BCUT2D eigenvalue weighted by Crippen LogP contribution is 2.28. The number of phenolic OH excluding ortho intramolecular Hbond substituents is 1. The predicted octanol–water partition coefficient (Wildman–Crippen LogP) is 1.85. The van der Waals surface area contributed by atoms with Gasteiger partial charge in [-0.05, 0) is 19.4 Å². The Hall–Kier alpha value is -3.10. The Kier molecular flexibility index (Phi) is 5.58. The zero-order valence-electron chi connectivity index (χ0n) is 14.3. The molecule has 1 amide bonds. The fourth-order valence-electron chi connectivity index (χ4n) is 2.51. The summed E-state index contributed by atoms with van der Waals surface area (Å²) in [5, 5.41) is 30.6. The Bertz CT molecular complexity index is 787. The molecule has 0 fully saturated rings. The number of hydrogen-bond acceptors (Lipinski definition) is 6. The van der Waals surface area contributed by atoms with Crippen molar-refractivity contribution in [2.45, 2.75) is 32.9 Å². The van der Waals surface area contributed by atoms with Crippen LogP contribution in [-0.4, -0.2) is 31.8 Å². The molecule has 1 heterocycles. The van der Waals surface area contributed by atoms with Crippen LogP contribution in [0, 0.1) is 17.0 Å². The fraction of sp³-hybridized carbons (Fsp3) is 0.375. The molecule has 0 saturated carbocycles. The van der Waals surface area contributed by atoms with E-state index in [-0.39, 0.29) is 35.4 Å². The summed E-state index contributed by atoms with van der Waals surface area (Å²) in [7, 11) is 1.58. The number of benzene rings is 1. The topological polar surface area (TPSA) is 122 Å². The summed E-state index contributed by atoms with van der Waals surface area (Å²) in [5.41, 5.74) is 0.724. The molecule has 0 aliphatic heterocycles. The maximum Gasteiger partial charge on any atom is 0.333 e. The minimum absolute atomic E-state index is 0.0988. The van der Waals surface area contributed by atoms with E-state index in [4.69, 9.17) is 0 Å². The Balaban J connectivity index is 2.11. The molecule has 0 spiro atoms. The fourth-order valence-corrected chi connectivity index (χ4v) is 2.51. The highest BCUT2D eigenvalue weighted by molar-refractivity contribution is 5.85. The first-order valence-corrected chi connectivity index (χ1v) is 7.84. The van der Waals surface area contributed by atoms with Crippen LogP contribution in [0.1, 0.15) is 24.6 Å². The van der Waals surface area contributed by atoms with Crippen molar-refractivity contribution in [2.75, 3.05) is 5.32 Å². The normalized spacial score (nSPS) is 11.8. The van der Waals surface area contributed by atoms with Crippen LogP contribution in [0.15, 0.2) is 24.3 Å². The zero-order valence-corrected chi connectivity index (χ0v) is 14.3. The van der Waals surface area contributed by atoms with Crippen molar-refractivity contribution < 1.29 is 14.8 Å². The summed E-state index contributed by atoms with van der Waals surface area (Å²) in [6.07, 6.45) is 0.425. The van der Waals surface area contributed by atoms with Gasteiger partial charge in [-0.2, -0.15) is 5.10 Å². The summed E-state index contributed by atoms with van der Waals surface area (Å²) >= 11 is 0. The van der Waals surface area contributed by atoms with E-state index in [2.05, 4.69) is 15.7 Å². The van der Waals surface area contributed by atoms with Crippen LogP contribution in [0.3, 0.4) is 0 Å². The first-order chi connectivity index (χ1) is 11.8. The van der Waals surface area contributed by atoms with Gasteiger partial charge in [-0.15, -0.1) is 0 Å². The lowest BCUT2D eigenvalue weighted by Gasteiger charge is -2.17. The molecule has 1 aromatic carbocycles. The lowest BCUT2D eigenvalue weighted by molar-refractivity contribution is -0.384. The molecular weight excluding hydrogens is 326 g/mol. The molecule has 0 unspecified atom stereocenters. The SMILES string of the molecule is CC[C@@H](Nc1c([N+](=O)[O-])c(C)nn1C)C(=O)NCc1ccccc1O. The Morgan fingerprint density at radius 1 is 1.44 bits per heavy atom. The standard InChI is InChI=1S/C16H21N5O4/c1-4-12(16(23)17-9-11-7-5-6-8-13(11)22)18-15-14(21(24)25)10(2)19-20(15)3/h5-8,12,18,22H,4,9H2,1-3H3,(H,17,23)/t12-/m1/s1. The summed E-state index contributed by atoms with van der Waals surface area (Å²) in [4.78, 5) is 23.1. The van der Waals surface area contributed by atoms with E-state index in [1.54, 1.807) is 45.2 Å². The van der Waals surface area contributed by atoms with E-state index < -0.39 is 11.0 Å². The number of rotatable bonds is 7. The first-order valence-electron chi connectivity index (χ1n) is 7.84. The van der Waals surface area contributed by atoms with E-state index in [0.29, 0.717) is 12.0 Å². The number of carbonyl (C=O) groups is 1. The van der Waals surface area contributed by atoms with E-state index >= 15 is 0 Å². The van der Waals surface area contributed by atoms with Gasteiger partial charge < -0.3 is 15.7 Å². The number of aryl methyl sites for hydroxylation is 2. The van der Waals surface area contributed by atoms with Crippen LogP contribution < -0.4 is 10.6 Å². The van der Waals surface area contributed by atoms with E-state index in [1.807, 2.05) is 0 Å². The highest BCUT2D eigenvalue weighted by atomic mass is 16.6. The molecule has 0 saturated heterocycles. The van der Waals surface area contributed by atoms with Gasteiger partial charge in [0, 0.05) is 19.2 Å². The van der Waals surface area contributed by atoms with Gasteiger partial charge in [-0.1, -0.05) is 25.1 Å². The smallest absolute Gasteiger partial charge is 0.333 e. The summed E-state index contributed by atoms with van der Waals surface area (Å²) < 4.78 is 1.35. The van der Waals surface area contributed by atoms with Gasteiger partial charge in [-0.3, -0.25) is 14.9 Å². The lowest BCUT2D eigenvalue weighted by atomic mass is 10.1. The monoisotopic (exact) mass is 347 g/mol. The van der Waals surface area contributed by atoms with E-state index in [9.17, 15) is 20.0 Å². The third kappa shape index (κ3) is 4.06. The average molecular weight is 347 g/mol. The molecule has 2 aromatic rings. The number of aromatic nitrogens is 2. The van der Waals surface area contributed by atoms with Gasteiger partial charge >= 0.3 is 5.69 Å². The molecule has 25 heavy (non-hydrogen) atoms. The summed E-state index contributed by atoms with van der Waals surface area (Å²) in [6.45, 7) is 3.50. The number of nitrogens with zero attached hydrogens (tertiary/aromatic N) is 3. The second kappa shape index (κ2) is 7.65. The van der Waals surface area contributed by atoms with Crippen LogP contribution >= 0.6 is 0 Å². The van der Waals surface area contributed by atoms with E-state index in [0.717, 1.165) is 0 Å². The lowest BCUT2D eigenvalue weighted by Crippen LogP contribution is -2.39. The summed E-state index contributed by atoms with van der Waals surface area (Å²) in [6, 6.07) is 6.04. The molecule has 9 nitrogen and oxygen atoms in total. The Morgan fingerprint density at radius 3 is 2.72 bits per heavy atom. The van der Waals surface area contributed by atoms with Crippen LogP contribution in [0.25, 0.3) is 0 Å². The van der Waals surface area contributed by atoms with Crippen molar-refractivity contribution in [3.05, 3.63) is 45.6 Å². The van der Waals surface area contributed by atoms with Gasteiger partial charge in [0.1, 0.15) is 17.5 Å². The second-order valence-electron chi connectivity index (χ2n) is 5.62. The average Bonchev–Trinajstić information content (AvgIpc) is 2.85. The number of amides is 1. The van der Waals surface area contributed by atoms with Crippen LogP contribution in [0.5, 0.6) is 5.75 Å². The third-order valence-corrected chi connectivity index (χ3v) is 3.85. The molecule has 3 N–H and O–H groups in total. The Morgan fingerprint density at radius 2 is 2.12 bits per heavy atom. The molecule has 0 radical (unpaired) electrons. The van der Waals surface area contributed by atoms with Gasteiger partial charge in [0.25, 0.3) is 0 Å². The van der Waals surface area contributed by atoms with Crippen molar-refractivity contribution in [1.29, 1.82) is 0 Å². The maximum atomic E-state index is 12.4. The van der Waals surface area contributed by atoms with Crippen molar-refractivity contribution >= 4 is 17.4 Å². The third-order valence-electron chi connectivity index (χ3n) is 3.85. The quantitative estimate of drug-likeness (QED) is 0.519. The number of phenols is 1. The van der Waals surface area contributed by atoms with Gasteiger partial charge in [-0.25, -0.2) is 4.68 Å². The number of nitrogens with one attached hydrogen (secondary N) is 2. The molecule has 0 bridgehead atoms. The van der Waals surface area contributed by atoms with Crippen molar-refractivity contribution in [1.82, 2.24) is 15.1 Å². The number of hydrogen-bond donors (Lipinski definition) is 3. The number of para-hydroxylation sites is 1. The number of aromatic hydroxyl groups is 1. The van der Waals surface area contributed by atoms with Crippen molar-refractivity contribution in [3.8, 4) is 5.75 Å². The van der Waals surface area contributed by atoms with E-state index in [1.165, 1.54) is 4.68 Å². The molecular formula is C16H21N5O4. The van der Waals surface area contributed by atoms with Gasteiger partial charge in [0.2, 0.25) is 11.7 Å². The minimum atomic E-state index is -0.667. The number of nitro groups is 1. The minimum Gasteiger partial charge on any atom is -0.508 e. The van der Waals surface area contributed by atoms with Crippen LogP contribution in [0.4, 0.5) is 11.5 Å². The summed E-state index contributed by atoms with van der Waals surface area (Å²) in [5.74, 6) is -0.0346. The first kappa shape index (κ1) is 18.2. The molecule has 134 valence electrons. The van der Waals surface area contributed by atoms with Crippen LogP contribution in [0.2, 0.25) is 0 Å². The zero-order chi connectivity index (χ0) is 18.6. The largest absolute Gasteiger partial charge is 0.508 e. The second-order valence-corrected chi connectivity index (χ2v) is 5.62. The predicted molar refractivity (Wildman–Crippen MR) is 92.3 cm³/mol. The maximum absolute atomic E-state index is 12.4. The van der Waals surface area contributed by atoms with Crippen molar-refractivity contribution in [2.24, 2.45) is 7.05 Å². The highest BCUT2D eigenvalue weighted by Gasteiger charge is 2.27. The molecule has 0 aliphatic carbocycles. The molecule has 0 aliphatic rings. The number of carbonyl (C=O) groups excluding carboxylic acids is 1. The van der Waals surface area contributed by atoms with Gasteiger partial charge in [0.05, 0.1) is 4.92 Å². The molecule has 9 heteroatoms. The van der Waals surface area contributed by atoms with Crippen molar-refractivity contribution in [3.63, 3.8) is 0 Å². The number of anilines is 1. The molecule has 1 aromatic heterocycles. The molecule has 1 atom stereocenters. The van der Waals surface area contributed by atoms with Crippen LogP contribution in [-0.2, 0) is 18.4 Å². The van der Waals surface area contributed by atoms with Gasteiger partial charge in [0.15, 0.2) is 0 Å².